The first-order valence-electron chi connectivity index (χ1n) is 4.30. The smallest absolute Gasteiger partial charge is 0.310 e. The zero-order valence-corrected chi connectivity index (χ0v) is 8.97. The first-order valence-corrected chi connectivity index (χ1v) is 5.06. The van der Waals surface area contributed by atoms with Crippen molar-refractivity contribution in [3.8, 4) is 0 Å². The van der Waals surface area contributed by atoms with Gasteiger partial charge in [-0.05, 0) is 17.7 Å². The van der Waals surface area contributed by atoms with Crippen molar-refractivity contribution in [2.45, 2.75) is 10.3 Å². The monoisotopic (exact) mass is 248 g/mol. The SMILES string of the molecule is O=C(O)[C@H]1[C@H](c2ccc(F)cc2)C1(Cl)Cl. The van der Waals surface area contributed by atoms with Crippen molar-refractivity contribution in [3.63, 3.8) is 0 Å². The number of aliphatic carboxylic acids is 1. The van der Waals surface area contributed by atoms with Gasteiger partial charge < -0.3 is 5.11 Å². The molecule has 80 valence electrons. The number of carboxylic acid groups (broad SMARTS) is 1. The van der Waals surface area contributed by atoms with Crippen LogP contribution in [0, 0.1) is 11.7 Å². The van der Waals surface area contributed by atoms with E-state index in [0.29, 0.717) is 5.56 Å². The lowest BCUT2D eigenvalue weighted by Gasteiger charge is -1.98. The summed E-state index contributed by atoms with van der Waals surface area (Å²) in [6.07, 6.45) is 0. The van der Waals surface area contributed by atoms with Gasteiger partial charge in [0.1, 0.15) is 10.2 Å². The standard InChI is InChI=1S/C10H7Cl2FO2/c11-10(12)7(8(10)9(14)15)5-1-3-6(13)4-2-5/h1-4,7-8H,(H,14,15)/t7-,8+/m0/s1. The van der Waals surface area contributed by atoms with Crippen LogP contribution in [-0.4, -0.2) is 15.4 Å². The van der Waals surface area contributed by atoms with Crippen molar-refractivity contribution >= 4 is 29.2 Å². The van der Waals surface area contributed by atoms with Crippen LogP contribution in [0.1, 0.15) is 11.5 Å². The summed E-state index contributed by atoms with van der Waals surface area (Å²) in [7, 11) is 0. The van der Waals surface area contributed by atoms with E-state index in [2.05, 4.69) is 0 Å². The van der Waals surface area contributed by atoms with E-state index in [9.17, 15) is 9.18 Å². The van der Waals surface area contributed by atoms with Crippen LogP contribution in [0.25, 0.3) is 0 Å². The molecule has 1 N–H and O–H groups in total. The van der Waals surface area contributed by atoms with Crippen molar-refractivity contribution in [2.75, 3.05) is 0 Å². The number of hydrogen-bond donors (Lipinski definition) is 1. The molecular weight excluding hydrogens is 242 g/mol. The van der Waals surface area contributed by atoms with Crippen LogP contribution in [0.3, 0.4) is 0 Å². The lowest BCUT2D eigenvalue weighted by atomic mass is 10.1. The summed E-state index contributed by atoms with van der Waals surface area (Å²) in [5.74, 6) is -2.68. The molecule has 0 radical (unpaired) electrons. The molecule has 1 fully saturated rings. The van der Waals surface area contributed by atoms with Crippen molar-refractivity contribution in [1.82, 2.24) is 0 Å². The Labute approximate surface area is 95.6 Å². The average molecular weight is 249 g/mol. The molecule has 0 saturated heterocycles. The second-order valence-corrected chi connectivity index (χ2v) is 4.96. The molecule has 0 bridgehead atoms. The molecule has 2 rings (SSSR count). The van der Waals surface area contributed by atoms with Gasteiger partial charge in [0, 0.05) is 5.92 Å². The minimum Gasteiger partial charge on any atom is -0.481 e. The van der Waals surface area contributed by atoms with Gasteiger partial charge in [-0.15, -0.1) is 0 Å². The summed E-state index contributed by atoms with van der Waals surface area (Å²) in [6.45, 7) is 0. The zero-order chi connectivity index (χ0) is 11.2. The van der Waals surface area contributed by atoms with Crippen molar-refractivity contribution < 1.29 is 14.3 Å². The highest BCUT2D eigenvalue weighted by Gasteiger charge is 2.68. The van der Waals surface area contributed by atoms with E-state index < -0.39 is 22.1 Å². The Bertz CT molecular complexity index is 402. The maximum absolute atomic E-state index is 12.6. The summed E-state index contributed by atoms with van der Waals surface area (Å²) in [6, 6.07) is 5.53. The Morgan fingerprint density at radius 3 is 2.27 bits per heavy atom. The first-order chi connectivity index (χ1) is 6.94. The van der Waals surface area contributed by atoms with E-state index in [1.54, 1.807) is 0 Å². The molecule has 1 aromatic carbocycles. The maximum atomic E-state index is 12.6. The van der Waals surface area contributed by atoms with Crippen LogP contribution in [0.5, 0.6) is 0 Å². The second kappa shape index (κ2) is 3.35. The van der Waals surface area contributed by atoms with Crippen molar-refractivity contribution in [2.24, 2.45) is 5.92 Å². The Hall–Kier alpha value is -0.800. The van der Waals surface area contributed by atoms with E-state index in [1.807, 2.05) is 0 Å². The van der Waals surface area contributed by atoms with Crippen molar-refractivity contribution in [3.05, 3.63) is 35.6 Å². The predicted molar refractivity (Wildman–Crippen MR) is 54.7 cm³/mol. The molecule has 0 heterocycles. The fraction of sp³-hybridized carbons (Fsp3) is 0.300. The van der Waals surface area contributed by atoms with Crippen LogP contribution in [0.2, 0.25) is 0 Å². The Kier molecular flexibility index (Phi) is 2.40. The fourth-order valence-electron chi connectivity index (χ4n) is 1.72. The van der Waals surface area contributed by atoms with Crippen molar-refractivity contribution in [1.29, 1.82) is 0 Å². The van der Waals surface area contributed by atoms with Crippen LogP contribution < -0.4 is 0 Å². The highest BCUT2D eigenvalue weighted by atomic mass is 35.5. The summed E-state index contributed by atoms with van der Waals surface area (Å²) < 4.78 is 11.4. The van der Waals surface area contributed by atoms with E-state index in [-0.39, 0.29) is 5.82 Å². The van der Waals surface area contributed by atoms with Gasteiger partial charge in [0.2, 0.25) is 0 Å². The van der Waals surface area contributed by atoms with E-state index in [0.717, 1.165) is 0 Å². The molecule has 2 atom stereocenters. The second-order valence-electron chi connectivity index (χ2n) is 3.52. The Balaban J connectivity index is 2.27. The molecule has 15 heavy (non-hydrogen) atoms. The molecule has 0 spiro atoms. The Morgan fingerprint density at radius 1 is 1.33 bits per heavy atom. The number of carbonyl (C=O) groups is 1. The number of alkyl halides is 2. The third-order valence-corrected chi connectivity index (χ3v) is 3.49. The predicted octanol–water partition coefficient (Wildman–Crippen LogP) is 2.80. The molecule has 0 aliphatic heterocycles. The van der Waals surface area contributed by atoms with Gasteiger partial charge in [0.25, 0.3) is 0 Å². The number of benzene rings is 1. The number of hydrogen-bond acceptors (Lipinski definition) is 1. The third-order valence-electron chi connectivity index (χ3n) is 2.55. The van der Waals surface area contributed by atoms with E-state index in [4.69, 9.17) is 28.3 Å². The van der Waals surface area contributed by atoms with Gasteiger partial charge in [-0.25, -0.2) is 4.39 Å². The molecule has 2 nitrogen and oxygen atoms in total. The molecule has 1 saturated carbocycles. The van der Waals surface area contributed by atoms with E-state index in [1.165, 1.54) is 24.3 Å². The quantitative estimate of drug-likeness (QED) is 0.818. The fourth-order valence-corrected chi connectivity index (χ4v) is 2.54. The van der Waals surface area contributed by atoms with Crippen LogP contribution in [0.15, 0.2) is 24.3 Å². The topological polar surface area (TPSA) is 37.3 Å². The van der Waals surface area contributed by atoms with Crippen LogP contribution in [0.4, 0.5) is 4.39 Å². The molecule has 1 aliphatic carbocycles. The average Bonchev–Trinajstić information content (AvgIpc) is 2.70. The number of carboxylic acids is 1. The minimum absolute atomic E-state index is 0.374. The van der Waals surface area contributed by atoms with Crippen LogP contribution >= 0.6 is 23.2 Å². The molecule has 5 heteroatoms. The van der Waals surface area contributed by atoms with Gasteiger partial charge >= 0.3 is 5.97 Å². The summed E-state index contributed by atoms with van der Waals surface area (Å²) in [4.78, 5) is 10.8. The maximum Gasteiger partial charge on any atom is 0.310 e. The van der Waals surface area contributed by atoms with Gasteiger partial charge in [-0.1, -0.05) is 35.3 Å². The number of halogens is 3. The lowest BCUT2D eigenvalue weighted by Crippen LogP contribution is -2.03. The lowest BCUT2D eigenvalue weighted by molar-refractivity contribution is -0.138. The summed E-state index contributed by atoms with van der Waals surface area (Å²) >= 11 is 11.7. The molecule has 1 aromatic rings. The summed E-state index contributed by atoms with van der Waals surface area (Å²) in [5, 5.41) is 8.83. The van der Waals surface area contributed by atoms with E-state index >= 15 is 0 Å². The van der Waals surface area contributed by atoms with Gasteiger partial charge in [0.05, 0.1) is 5.92 Å². The molecule has 0 unspecified atom stereocenters. The highest BCUT2D eigenvalue weighted by Crippen LogP contribution is 2.64. The normalized spacial score (nSPS) is 27.4. The molecule has 0 aromatic heterocycles. The largest absolute Gasteiger partial charge is 0.481 e. The molecule has 0 amide bonds. The Morgan fingerprint density at radius 2 is 1.87 bits per heavy atom. The van der Waals surface area contributed by atoms with Crippen LogP contribution in [-0.2, 0) is 4.79 Å². The van der Waals surface area contributed by atoms with Gasteiger partial charge in [-0.2, -0.15) is 0 Å². The molecular formula is C10H7Cl2FO2. The van der Waals surface area contributed by atoms with Gasteiger partial charge in [-0.3, -0.25) is 4.79 Å². The minimum atomic E-state index is -1.27. The molecule has 1 aliphatic rings. The first kappa shape index (κ1) is 10.7. The number of rotatable bonds is 2. The highest BCUT2D eigenvalue weighted by molar-refractivity contribution is 6.53. The summed E-state index contributed by atoms with van der Waals surface area (Å²) in [5.41, 5.74) is 0.647. The third kappa shape index (κ3) is 1.70. The zero-order valence-electron chi connectivity index (χ0n) is 7.45. The van der Waals surface area contributed by atoms with Gasteiger partial charge in [0.15, 0.2) is 0 Å².